The summed E-state index contributed by atoms with van der Waals surface area (Å²) in [5.74, 6) is -1.37. The average Bonchev–Trinajstić information content (AvgIpc) is 2.87. The van der Waals surface area contributed by atoms with Crippen molar-refractivity contribution < 1.29 is 19.1 Å². The summed E-state index contributed by atoms with van der Waals surface area (Å²) in [5.41, 5.74) is 4.81. The van der Waals surface area contributed by atoms with E-state index in [4.69, 9.17) is 4.74 Å². The Hall–Kier alpha value is -4.21. The predicted molar refractivity (Wildman–Crippen MR) is 131 cm³/mol. The third-order valence-corrected chi connectivity index (χ3v) is 5.41. The highest BCUT2D eigenvalue weighted by Crippen LogP contribution is 2.14. The number of rotatable bonds is 8. The Morgan fingerprint density at radius 3 is 2.23 bits per heavy atom. The van der Waals surface area contributed by atoms with E-state index in [2.05, 4.69) is 21.3 Å². The lowest BCUT2D eigenvalue weighted by atomic mass is 10.0. The molecule has 1 heterocycles. The highest BCUT2D eigenvalue weighted by Gasteiger charge is 2.26. The van der Waals surface area contributed by atoms with Crippen LogP contribution in [0.1, 0.15) is 48.0 Å². The van der Waals surface area contributed by atoms with Crippen LogP contribution in [0.2, 0.25) is 0 Å². The van der Waals surface area contributed by atoms with E-state index >= 15 is 0 Å². The maximum Gasteiger partial charge on any atom is 0.290 e. The highest BCUT2D eigenvalue weighted by molar-refractivity contribution is 6.05. The van der Waals surface area contributed by atoms with Gasteiger partial charge in [0, 0.05) is 17.5 Å². The minimum atomic E-state index is -0.913. The summed E-state index contributed by atoms with van der Waals surface area (Å²) in [6, 6.07) is 12.2. The topological polar surface area (TPSA) is 131 Å². The molecule has 0 aliphatic heterocycles. The van der Waals surface area contributed by atoms with Crippen molar-refractivity contribution in [1.82, 2.24) is 25.9 Å². The van der Waals surface area contributed by atoms with Crippen LogP contribution in [0.4, 0.5) is 0 Å². The van der Waals surface area contributed by atoms with Gasteiger partial charge in [-0.2, -0.15) is 5.10 Å². The summed E-state index contributed by atoms with van der Waals surface area (Å²) in [5, 5.41) is 7.64. The number of aromatic nitrogens is 2. The normalized spacial score (nSPS) is 11.7. The summed E-state index contributed by atoms with van der Waals surface area (Å²) in [4.78, 5) is 51.0. The Morgan fingerprint density at radius 1 is 0.971 bits per heavy atom. The molecule has 0 bridgehead atoms. The molecule has 10 nitrogen and oxygen atoms in total. The molecule has 0 spiro atoms. The van der Waals surface area contributed by atoms with E-state index in [1.54, 1.807) is 62.4 Å². The highest BCUT2D eigenvalue weighted by atomic mass is 16.5. The number of hydrogen-bond donors (Lipinski definition) is 3. The number of nitrogens with one attached hydrogen (secondary N) is 3. The van der Waals surface area contributed by atoms with Gasteiger partial charge in [0.05, 0.1) is 12.5 Å². The first-order valence-electron chi connectivity index (χ1n) is 11.3. The van der Waals surface area contributed by atoms with E-state index in [1.807, 2.05) is 6.92 Å². The van der Waals surface area contributed by atoms with Gasteiger partial charge in [-0.05, 0) is 42.7 Å². The number of fused-ring (bicyclic) bond motifs is 1. The Labute approximate surface area is 202 Å². The van der Waals surface area contributed by atoms with Crippen LogP contribution in [0.25, 0.3) is 10.8 Å². The molecule has 1 unspecified atom stereocenters. The molecule has 1 aromatic heterocycles. The average molecular weight is 480 g/mol. The zero-order valence-electron chi connectivity index (χ0n) is 20.1. The first-order valence-corrected chi connectivity index (χ1v) is 11.3. The number of hydrazine groups is 1. The van der Waals surface area contributed by atoms with Crippen LogP contribution >= 0.6 is 0 Å². The fraction of sp³-hybridized carbons (Fsp3) is 0.320. The van der Waals surface area contributed by atoms with Crippen molar-refractivity contribution in [3.63, 3.8) is 0 Å². The summed E-state index contributed by atoms with van der Waals surface area (Å²) in [7, 11) is 1.53. The van der Waals surface area contributed by atoms with Gasteiger partial charge in [0.15, 0.2) is 5.69 Å². The SMILES string of the molecule is CCCn1nc(C(=O)NNC(=O)C(NC(=O)c2ccc(OC)cc2)C(C)C)c2ccccc2c1=O. The minimum Gasteiger partial charge on any atom is -0.497 e. The standard InChI is InChI=1S/C25H29N5O5/c1-5-14-30-25(34)19-9-7-6-8-18(19)21(29-30)24(33)28-27-23(32)20(15(2)3)26-22(31)16-10-12-17(35-4)13-11-16/h6-13,15,20H,5,14H2,1-4H3,(H,26,31)(H,27,32)(H,28,33). The van der Waals surface area contributed by atoms with Crippen LogP contribution in [0.3, 0.4) is 0 Å². The number of carbonyl (C=O) groups excluding carboxylic acids is 3. The fourth-order valence-electron chi connectivity index (χ4n) is 3.52. The molecule has 3 N–H and O–H groups in total. The van der Waals surface area contributed by atoms with Gasteiger partial charge in [-0.25, -0.2) is 4.68 Å². The number of hydrogen-bond acceptors (Lipinski definition) is 6. The van der Waals surface area contributed by atoms with Gasteiger partial charge in [0.1, 0.15) is 11.8 Å². The quantitative estimate of drug-likeness (QED) is 0.424. The van der Waals surface area contributed by atoms with E-state index in [9.17, 15) is 19.2 Å². The van der Waals surface area contributed by atoms with Crippen LogP contribution in [-0.2, 0) is 11.3 Å². The number of carbonyl (C=O) groups is 3. The Bertz CT molecular complexity index is 1280. The number of aryl methyl sites for hydroxylation is 1. The van der Waals surface area contributed by atoms with Gasteiger partial charge in [-0.3, -0.25) is 30.0 Å². The van der Waals surface area contributed by atoms with Crippen molar-refractivity contribution in [2.24, 2.45) is 5.92 Å². The second-order valence-corrected chi connectivity index (χ2v) is 8.29. The molecular weight excluding hydrogens is 450 g/mol. The van der Waals surface area contributed by atoms with E-state index in [1.165, 1.54) is 11.8 Å². The van der Waals surface area contributed by atoms with Crippen LogP contribution in [0, 0.1) is 5.92 Å². The molecule has 3 amide bonds. The summed E-state index contributed by atoms with van der Waals surface area (Å²) in [6.45, 7) is 5.80. The lowest BCUT2D eigenvalue weighted by molar-refractivity contribution is -0.124. The summed E-state index contributed by atoms with van der Waals surface area (Å²) in [6.07, 6.45) is 0.660. The van der Waals surface area contributed by atoms with Gasteiger partial charge >= 0.3 is 0 Å². The molecule has 2 aromatic carbocycles. The fourth-order valence-corrected chi connectivity index (χ4v) is 3.52. The van der Waals surface area contributed by atoms with Crippen molar-refractivity contribution in [3.05, 3.63) is 70.1 Å². The number of nitrogens with zero attached hydrogens (tertiary/aromatic N) is 2. The molecule has 0 fully saturated rings. The molecule has 0 aliphatic rings. The largest absolute Gasteiger partial charge is 0.497 e. The predicted octanol–water partition coefficient (Wildman–Crippen LogP) is 2.03. The Balaban J connectivity index is 1.75. The van der Waals surface area contributed by atoms with E-state index in [0.717, 1.165) is 0 Å². The zero-order valence-corrected chi connectivity index (χ0v) is 20.1. The van der Waals surface area contributed by atoms with Crippen molar-refractivity contribution in [3.8, 4) is 5.75 Å². The van der Waals surface area contributed by atoms with Crippen LogP contribution in [0.15, 0.2) is 53.3 Å². The van der Waals surface area contributed by atoms with Gasteiger partial charge in [0.25, 0.3) is 23.3 Å². The third kappa shape index (κ3) is 5.84. The Kier molecular flexibility index (Phi) is 8.19. The molecule has 10 heteroatoms. The number of amides is 3. The second-order valence-electron chi connectivity index (χ2n) is 8.29. The number of ether oxygens (including phenoxy) is 1. The molecule has 1 atom stereocenters. The van der Waals surface area contributed by atoms with Crippen LogP contribution < -0.4 is 26.5 Å². The van der Waals surface area contributed by atoms with E-state index in [0.29, 0.717) is 35.1 Å². The first kappa shape index (κ1) is 25.4. The Morgan fingerprint density at radius 2 is 1.63 bits per heavy atom. The van der Waals surface area contributed by atoms with Crippen molar-refractivity contribution >= 4 is 28.5 Å². The number of benzene rings is 2. The van der Waals surface area contributed by atoms with E-state index in [-0.39, 0.29) is 17.2 Å². The third-order valence-electron chi connectivity index (χ3n) is 5.41. The lowest BCUT2D eigenvalue weighted by Crippen LogP contribution is -2.54. The van der Waals surface area contributed by atoms with Gasteiger partial charge in [-0.1, -0.05) is 39.0 Å². The van der Waals surface area contributed by atoms with Gasteiger partial charge in [0.2, 0.25) is 0 Å². The first-order chi connectivity index (χ1) is 16.8. The second kappa shape index (κ2) is 11.3. The van der Waals surface area contributed by atoms with Gasteiger partial charge in [-0.15, -0.1) is 0 Å². The van der Waals surface area contributed by atoms with Gasteiger partial charge < -0.3 is 10.1 Å². The van der Waals surface area contributed by atoms with Crippen molar-refractivity contribution in [1.29, 1.82) is 0 Å². The zero-order chi connectivity index (χ0) is 25.5. The molecule has 35 heavy (non-hydrogen) atoms. The molecule has 0 saturated carbocycles. The van der Waals surface area contributed by atoms with E-state index < -0.39 is 23.8 Å². The molecule has 3 rings (SSSR count). The summed E-state index contributed by atoms with van der Waals surface area (Å²) < 4.78 is 6.33. The lowest BCUT2D eigenvalue weighted by Gasteiger charge is -2.22. The smallest absolute Gasteiger partial charge is 0.290 e. The maximum atomic E-state index is 12.9. The summed E-state index contributed by atoms with van der Waals surface area (Å²) >= 11 is 0. The molecule has 0 aliphatic carbocycles. The minimum absolute atomic E-state index is 0.0114. The monoisotopic (exact) mass is 479 g/mol. The molecule has 184 valence electrons. The molecular formula is C25H29N5O5. The van der Waals surface area contributed by atoms with Crippen LogP contribution in [-0.4, -0.2) is 40.7 Å². The van der Waals surface area contributed by atoms with Crippen LogP contribution in [0.5, 0.6) is 5.75 Å². The molecule has 3 aromatic rings. The molecule has 0 saturated heterocycles. The van der Waals surface area contributed by atoms with Crippen molar-refractivity contribution in [2.45, 2.75) is 39.8 Å². The van der Waals surface area contributed by atoms with Crippen molar-refractivity contribution in [2.75, 3.05) is 7.11 Å². The molecule has 0 radical (unpaired) electrons. The number of methoxy groups -OCH3 is 1. The maximum absolute atomic E-state index is 12.9.